The minimum Gasteiger partial charge on any atom is -0.748 e. The number of amides is 2. The zero-order valence-corrected chi connectivity index (χ0v) is 36.6. The number of unbranched alkanes of at least 4 members (excludes halogenated alkanes) is 3. The summed E-state index contributed by atoms with van der Waals surface area (Å²) < 4.78 is 102. The van der Waals surface area contributed by atoms with E-state index in [2.05, 4.69) is 11.4 Å². The number of nitrogens with zero attached hydrogens (tertiary/aromatic N) is 1. The molecule has 0 radical (unpaired) electrons. The number of hydrogen-bond acceptors (Lipinski definition) is 12. The summed E-state index contributed by atoms with van der Waals surface area (Å²) in [5.74, 6) is -2.50. The van der Waals surface area contributed by atoms with E-state index >= 15 is 0 Å². The Kier molecular flexibility index (Phi) is 14.4. The van der Waals surface area contributed by atoms with Crippen molar-refractivity contribution in [1.29, 1.82) is 0 Å². The highest BCUT2D eigenvalue weighted by molar-refractivity contribution is 7.86. The maximum absolute atomic E-state index is 12.5. The van der Waals surface area contributed by atoms with Gasteiger partial charge in [0.2, 0.25) is 0 Å². The first-order valence-corrected chi connectivity index (χ1v) is 24.2. The van der Waals surface area contributed by atoms with Crippen molar-refractivity contribution in [2.75, 3.05) is 11.1 Å². The molecule has 1 fully saturated rings. The van der Waals surface area contributed by atoms with Gasteiger partial charge in [-0.05, 0) is 90.6 Å². The van der Waals surface area contributed by atoms with Gasteiger partial charge in [-0.15, -0.1) is 5.06 Å². The van der Waals surface area contributed by atoms with Gasteiger partial charge in [0, 0.05) is 41.5 Å². The van der Waals surface area contributed by atoms with Gasteiger partial charge in [-0.2, -0.15) is 16.8 Å². The fraction of sp³-hybridized carbons (Fsp3) is 0.439. The molecule has 15 nitrogen and oxygen atoms in total. The monoisotopic (exact) mass is 907 g/mol. The van der Waals surface area contributed by atoms with E-state index in [-0.39, 0.29) is 46.4 Å². The molecule has 2 heterocycles. The molecule has 2 aromatic carbocycles. The number of hydroxylamine groups is 2. The summed E-state index contributed by atoms with van der Waals surface area (Å²) >= 11 is 6.40. The van der Waals surface area contributed by atoms with Crippen molar-refractivity contribution in [3.63, 3.8) is 0 Å². The van der Waals surface area contributed by atoms with Gasteiger partial charge in [0.1, 0.15) is 0 Å². The van der Waals surface area contributed by atoms with Crippen LogP contribution in [0.2, 0.25) is 5.02 Å². The number of carbonyl (C=O) groups excluding carboxylic acids is 3. The van der Waals surface area contributed by atoms with Crippen LogP contribution in [0.3, 0.4) is 0 Å². The van der Waals surface area contributed by atoms with Crippen molar-refractivity contribution in [3.8, 4) is 0 Å². The Balaban J connectivity index is 1.43. The van der Waals surface area contributed by atoms with E-state index < -0.39 is 64.7 Å². The standard InChI is InChI=1S/C41H49ClN2O13S3/c1-40(2)33-25-31(60(54,55)56)26-34(42)39(33)43-35(40)14-7-4-6-13-29-23-27(12-9-11-21-58(48,49)50)22-28-16-17-30(59(51,52)53)24-32(28)41(29,3)20-10-5-8-15-38(47)57-44-36(45)18-19-37(44)46/h4,6-7,13-14,16-17,23-27,43H,5,8-12,15,18-22H2,1-3H3,(H,48,49,50)(H,51,52,53)(H,54,55,56)/p-1/b7-4+,13-6+,35-14+. The molecule has 0 aromatic heterocycles. The third-order valence-corrected chi connectivity index (χ3v) is 14.0. The molecular weight excluding hydrogens is 860 g/mol. The number of fused-ring (bicyclic) bond motifs is 2. The molecule has 0 spiro atoms. The summed E-state index contributed by atoms with van der Waals surface area (Å²) in [5.41, 5.74) is 2.50. The van der Waals surface area contributed by atoms with E-state index in [1.54, 1.807) is 30.4 Å². The van der Waals surface area contributed by atoms with Crippen molar-refractivity contribution in [2.24, 2.45) is 5.92 Å². The predicted molar refractivity (Wildman–Crippen MR) is 222 cm³/mol. The number of halogens is 1. The van der Waals surface area contributed by atoms with Crippen molar-refractivity contribution >= 4 is 65.4 Å². The molecule has 60 heavy (non-hydrogen) atoms. The smallest absolute Gasteiger partial charge is 0.333 e. The molecule has 2 amide bonds. The number of hydrogen-bond donors (Lipinski definition) is 3. The SMILES string of the molecule is CC1(CCCCCC(=O)ON2C(=O)CCC2=O)C(/C=C/C=C/C=C2/Nc3c(Cl)cc(S(=O)(=O)O)cc3C2(C)C)=CC(CCCCS(=O)(=O)[O-])Cc2ccc(S(=O)(=O)O)cc21. The van der Waals surface area contributed by atoms with Crippen LogP contribution < -0.4 is 5.32 Å². The highest BCUT2D eigenvalue weighted by Crippen LogP contribution is 2.48. The Labute approximate surface area is 355 Å². The summed E-state index contributed by atoms with van der Waals surface area (Å²) in [6.07, 6.45) is 14.5. The first kappa shape index (κ1) is 46.9. The average molecular weight is 908 g/mol. The van der Waals surface area contributed by atoms with Crippen LogP contribution in [-0.4, -0.2) is 67.5 Å². The summed E-state index contributed by atoms with van der Waals surface area (Å²) in [5, 5.41) is 3.87. The summed E-state index contributed by atoms with van der Waals surface area (Å²) in [6, 6.07) is 7.00. The van der Waals surface area contributed by atoms with Gasteiger partial charge in [0.15, 0.2) is 0 Å². The Morgan fingerprint density at radius 3 is 2.22 bits per heavy atom. The van der Waals surface area contributed by atoms with Crippen LogP contribution in [0.15, 0.2) is 87.8 Å². The second-order valence-electron chi connectivity index (χ2n) is 16.0. The number of imide groups is 1. The zero-order valence-electron chi connectivity index (χ0n) is 33.3. The highest BCUT2D eigenvalue weighted by Gasteiger charge is 2.38. The number of carbonyl (C=O) groups is 3. The van der Waals surface area contributed by atoms with Crippen LogP contribution in [0.25, 0.3) is 0 Å². The van der Waals surface area contributed by atoms with Crippen LogP contribution in [0.4, 0.5) is 5.69 Å². The van der Waals surface area contributed by atoms with Gasteiger partial charge in [-0.3, -0.25) is 18.7 Å². The Bertz CT molecular complexity index is 2490. The van der Waals surface area contributed by atoms with E-state index in [4.69, 9.17) is 16.4 Å². The average Bonchev–Trinajstić information content (AvgIpc) is 3.55. The molecule has 326 valence electrons. The number of benzene rings is 2. The summed E-state index contributed by atoms with van der Waals surface area (Å²) in [6.45, 7) is 5.70. The lowest BCUT2D eigenvalue weighted by atomic mass is 9.71. The molecular formula is C41H48ClN2O13S3-. The van der Waals surface area contributed by atoms with Gasteiger partial charge in [0.05, 0.1) is 30.6 Å². The zero-order chi connectivity index (χ0) is 44.3. The topological polar surface area (TPSA) is 242 Å². The second-order valence-corrected chi connectivity index (χ2v) is 20.7. The van der Waals surface area contributed by atoms with Crippen molar-refractivity contribution in [2.45, 2.75) is 112 Å². The molecule has 0 saturated carbocycles. The van der Waals surface area contributed by atoms with Crippen LogP contribution in [0.5, 0.6) is 0 Å². The van der Waals surface area contributed by atoms with Gasteiger partial charge in [0.25, 0.3) is 32.1 Å². The second kappa shape index (κ2) is 18.4. The molecule has 1 saturated heterocycles. The van der Waals surface area contributed by atoms with Crippen LogP contribution in [-0.2, 0) is 66.8 Å². The van der Waals surface area contributed by atoms with Crippen LogP contribution in [0, 0.1) is 5.92 Å². The van der Waals surface area contributed by atoms with Gasteiger partial charge >= 0.3 is 5.97 Å². The van der Waals surface area contributed by atoms with E-state index in [1.165, 1.54) is 24.3 Å². The number of rotatable bonds is 17. The third kappa shape index (κ3) is 11.4. The molecule has 0 bridgehead atoms. The lowest BCUT2D eigenvalue weighted by Crippen LogP contribution is -2.31. The molecule has 2 aromatic rings. The minimum atomic E-state index is -4.59. The number of anilines is 1. The molecule has 2 atom stereocenters. The van der Waals surface area contributed by atoms with Crippen molar-refractivity contribution < 1.29 is 58.1 Å². The first-order chi connectivity index (χ1) is 27.9. The number of allylic oxidation sites excluding steroid dienone is 8. The first-order valence-electron chi connectivity index (χ1n) is 19.4. The van der Waals surface area contributed by atoms with Crippen molar-refractivity contribution in [3.05, 3.63) is 99.8 Å². The Morgan fingerprint density at radius 2 is 1.57 bits per heavy atom. The van der Waals surface area contributed by atoms with E-state index in [1.807, 2.05) is 26.8 Å². The molecule has 1 aliphatic carbocycles. The minimum absolute atomic E-state index is 0.0195. The van der Waals surface area contributed by atoms with Crippen LogP contribution >= 0.6 is 11.6 Å². The summed E-state index contributed by atoms with van der Waals surface area (Å²) in [7, 11) is -13.5. The molecule has 19 heteroatoms. The highest BCUT2D eigenvalue weighted by atomic mass is 35.5. The predicted octanol–water partition coefficient (Wildman–Crippen LogP) is 6.86. The fourth-order valence-corrected chi connectivity index (χ4v) is 9.80. The fourth-order valence-electron chi connectivity index (χ4n) is 7.87. The van der Waals surface area contributed by atoms with Gasteiger partial charge < -0.3 is 14.7 Å². The molecule has 3 N–H and O–H groups in total. The van der Waals surface area contributed by atoms with Crippen LogP contribution in [0.1, 0.15) is 102 Å². The molecule has 5 rings (SSSR count). The Morgan fingerprint density at radius 1 is 0.900 bits per heavy atom. The lowest BCUT2D eigenvalue weighted by Gasteiger charge is -2.33. The van der Waals surface area contributed by atoms with E-state index in [9.17, 15) is 53.3 Å². The summed E-state index contributed by atoms with van der Waals surface area (Å²) in [4.78, 5) is 40.6. The maximum Gasteiger partial charge on any atom is 0.333 e. The lowest BCUT2D eigenvalue weighted by molar-refractivity contribution is -0.197. The Hall–Kier alpha value is -4.17. The third-order valence-electron chi connectivity index (χ3n) is 11.2. The molecule has 3 aliphatic rings. The molecule has 2 aliphatic heterocycles. The maximum atomic E-state index is 12.5. The van der Waals surface area contributed by atoms with Gasteiger partial charge in [-0.1, -0.05) is 88.1 Å². The van der Waals surface area contributed by atoms with E-state index in [0.29, 0.717) is 72.5 Å². The van der Waals surface area contributed by atoms with E-state index in [0.717, 1.165) is 11.1 Å². The quantitative estimate of drug-likeness (QED) is 0.0636. The van der Waals surface area contributed by atoms with Crippen molar-refractivity contribution in [1.82, 2.24) is 5.06 Å². The number of nitrogens with one attached hydrogen (secondary N) is 1. The van der Waals surface area contributed by atoms with Gasteiger partial charge in [-0.25, -0.2) is 13.2 Å². The normalized spacial score (nSPS) is 21.3. The molecule has 2 unspecified atom stereocenters. The largest absolute Gasteiger partial charge is 0.748 e.